The van der Waals surface area contributed by atoms with Gasteiger partial charge in [0.1, 0.15) is 0 Å². The monoisotopic (exact) mass is 262 g/mol. The summed E-state index contributed by atoms with van der Waals surface area (Å²) in [5.41, 5.74) is 4.43. The predicted octanol–water partition coefficient (Wildman–Crippen LogP) is 4.51. The van der Waals surface area contributed by atoms with Crippen molar-refractivity contribution in [2.24, 2.45) is 0 Å². The number of hydrogen-bond donors (Lipinski definition) is 0. The molecule has 4 rings (SSSR count). The number of nitrogens with zero attached hydrogens (tertiary/aromatic N) is 2. The van der Waals surface area contributed by atoms with Crippen LogP contribution < -0.4 is 0 Å². The van der Waals surface area contributed by atoms with Crippen LogP contribution in [-0.4, -0.2) is 9.97 Å². The Balaban J connectivity index is 2.19. The van der Waals surface area contributed by atoms with E-state index in [1.54, 1.807) is 11.3 Å². The van der Waals surface area contributed by atoms with Crippen molar-refractivity contribution >= 4 is 32.5 Å². The summed E-state index contributed by atoms with van der Waals surface area (Å²) in [4.78, 5) is 9.00. The molecule has 0 aliphatic carbocycles. The van der Waals surface area contributed by atoms with Crippen LogP contribution in [0.5, 0.6) is 0 Å². The van der Waals surface area contributed by atoms with E-state index in [9.17, 15) is 0 Å². The number of aromatic nitrogens is 2. The molecule has 19 heavy (non-hydrogen) atoms. The molecule has 0 aliphatic heterocycles. The Morgan fingerprint density at radius 2 is 1.79 bits per heavy atom. The molecule has 90 valence electrons. The summed E-state index contributed by atoms with van der Waals surface area (Å²) in [5, 5.41) is 3.21. The van der Waals surface area contributed by atoms with Gasteiger partial charge in [-0.2, -0.15) is 0 Å². The Hall–Kier alpha value is -2.26. The SMILES string of the molecule is c1ccc(-c2cc3nccc3c3sccnc23)cc1. The highest BCUT2D eigenvalue weighted by Gasteiger charge is 2.10. The number of rotatable bonds is 1. The molecule has 4 aromatic rings. The fourth-order valence-electron chi connectivity index (χ4n) is 2.40. The molecule has 0 bridgehead atoms. The van der Waals surface area contributed by atoms with Gasteiger partial charge in [-0.05, 0) is 17.7 Å². The van der Waals surface area contributed by atoms with Crippen LogP contribution in [0.25, 0.3) is 32.2 Å². The van der Waals surface area contributed by atoms with Crippen LogP contribution >= 0.6 is 11.3 Å². The van der Waals surface area contributed by atoms with Crippen molar-refractivity contribution in [3.05, 3.63) is 60.2 Å². The topological polar surface area (TPSA) is 25.8 Å². The molecule has 0 saturated carbocycles. The Morgan fingerprint density at radius 1 is 0.895 bits per heavy atom. The average molecular weight is 262 g/mol. The van der Waals surface area contributed by atoms with Gasteiger partial charge in [-0.15, -0.1) is 11.3 Å². The first-order valence-corrected chi connectivity index (χ1v) is 6.98. The highest BCUT2D eigenvalue weighted by Crippen LogP contribution is 2.34. The zero-order valence-corrected chi connectivity index (χ0v) is 10.9. The van der Waals surface area contributed by atoms with Crippen LogP contribution in [0.15, 0.2) is 60.2 Å². The van der Waals surface area contributed by atoms with E-state index >= 15 is 0 Å². The van der Waals surface area contributed by atoms with Crippen molar-refractivity contribution in [2.75, 3.05) is 0 Å². The van der Waals surface area contributed by atoms with E-state index in [1.807, 2.05) is 23.8 Å². The first-order chi connectivity index (χ1) is 9.43. The maximum atomic E-state index is 4.57. The average Bonchev–Trinajstić information content (AvgIpc) is 2.96. The highest BCUT2D eigenvalue weighted by molar-refractivity contribution is 7.17. The molecule has 2 aromatic heterocycles. The molecule has 2 heterocycles. The van der Waals surface area contributed by atoms with E-state index in [-0.39, 0.29) is 0 Å². The van der Waals surface area contributed by atoms with Crippen LogP contribution in [0.1, 0.15) is 0 Å². The van der Waals surface area contributed by atoms with Gasteiger partial charge >= 0.3 is 0 Å². The zero-order chi connectivity index (χ0) is 12.7. The molecule has 0 spiro atoms. The van der Waals surface area contributed by atoms with Crippen molar-refractivity contribution in [2.45, 2.75) is 0 Å². The van der Waals surface area contributed by atoms with Crippen molar-refractivity contribution in [3.63, 3.8) is 0 Å². The fourth-order valence-corrected chi connectivity index (χ4v) is 3.23. The first kappa shape index (κ1) is 10.6. The third kappa shape index (κ3) is 1.63. The molecular formula is C16H10N2S. The number of hydrogen-bond acceptors (Lipinski definition) is 3. The van der Waals surface area contributed by atoms with Gasteiger partial charge in [-0.25, -0.2) is 0 Å². The lowest BCUT2D eigenvalue weighted by Crippen LogP contribution is -1.84. The Morgan fingerprint density at radius 3 is 2.68 bits per heavy atom. The third-order valence-corrected chi connectivity index (χ3v) is 4.17. The molecule has 0 saturated heterocycles. The van der Waals surface area contributed by atoms with E-state index in [0.717, 1.165) is 16.6 Å². The highest BCUT2D eigenvalue weighted by atomic mass is 32.1. The van der Waals surface area contributed by atoms with Crippen LogP contribution in [0.3, 0.4) is 0 Å². The van der Waals surface area contributed by atoms with E-state index in [1.165, 1.54) is 15.6 Å². The van der Waals surface area contributed by atoms with Crippen molar-refractivity contribution < 1.29 is 0 Å². The maximum Gasteiger partial charge on any atom is 0.0887 e. The second-order valence-corrected chi connectivity index (χ2v) is 5.29. The van der Waals surface area contributed by atoms with E-state index < -0.39 is 0 Å². The predicted molar refractivity (Wildman–Crippen MR) is 80.4 cm³/mol. The number of benzene rings is 2. The fraction of sp³-hybridized carbons (Fsp3) is 0. The molecule has 2 aromatic carbocycles. The molecule has 0 atom stereocenters. The van der Waals surface area contributed by atoms with Gasteiger partial charge in [-0.1, -0.05) is 30.3 Å². The van der Waals surface area contributed by atoms with Gasteiger partial charge in [0.15, 0.2) is 0 Å². The van der Waals surface area contributed by atoms with Crippen LogP contribution in [0, 0.1) is 0 Å². The molecule has 0 unspecified atom stereocenters. The lowest BCUT2D eigenvalue weighted by molar-refractivity contribution is 1.44. The van der Waals surface area contributed by atoms with Gasteiger partial charge < -0.3 is 0 Å². The minimum Gasteiger partial charge on any atom is -0.256 e. The second-order valence-electron chi connectivity index (χ2n) is 4.38. The molecule has 0 aliphatic rings. The van der Waals surface area contributed by atoms with Gasteiger partial charge in [-0.3, -0.25) is 9.97 Å². The molecule has 3 heteroatoms. The first-order valence-electron chi connectivity index (χ1n) is 6.10. The lowest BCUT2D eigenvalue weighted by atomic mass is 10.0. The smallest absolute Gasteiger partial charge is 0.0887 e. The molecule has 2 nitrogen and oxygen atoms in total. The van der Waals surface area contributed by atoms with E-state index in [0.29, 0.717) is 0 Å². The van der Waals surface area contributed by atoms with Crippen LogP contribution in [-0.2, 0) is 0 Å². The molecule has 0 radical (unpaired) electrons. The maximum absolute atomic E-state index is 4.57. The zero-order valence-electron chi connectivity index (χ0n) is 10.1. The Kier molecular flexibility index (Phi) is 2.32. The van der Waals surface area contributed by atoms with Gasteiger partial charge in [0.25, 0.3) is 0 Å². The van der Waals surface area contributed by atoms with Crippen LogP contribution in [0.2, 0.25) is 0 Å². The summed E-state index contributed by atoms with van der Waals surface area (Å²) in [7, 11) is 0. The minimum atomic E-state index is 1.04. The largest absolute Gasteiger partial charge is 0.256 e. The number of fused-ring (bicyclic) bond motifs is 3. The van der Waals surface area contributed by atoms with Crippen molar-refractivity contribution in [3.8, 4) is 11.1 Å². The second kappa shape index (κ2) is 4.14. The molecule has 0 amide bonds. The summed E-state index contributed by atoms with van der Waals surface area (Å²) < 4.78 is 1.20. The standard InChI is InChI=1S/C16H10N2S/c1-2-4-11(5-3-1)13-10-14-12(6-7-17-14)16-15(13)18-8-9-19-16/h1-10H. The molecular weight excluding hydrogens is 252 g/mol. The Labute approximate surface area is 114 Å². The van der Waals surface area contributed by atoms with Crippen molar-refractivity contribution in [1.82, 2.24) is 9.97 Å². The summed E-state index contributed by atoms with van der Waals surface area (Å²) in [6.45, 7) is 0. The quantitative estimate of drug-likeness (QED) is 0.504. The summed E-state index contributed by atoms with van der Waals surface area (Å²) in [5.74, 6) is 0. The lowest BCUT2D eigenvalue weighted by Gasteiger charge is -2.06. The summed E-state index contributed by atoms with van der Waals surface area (Å²) in [6.07, 6.45) is 3.72. The molecule has 0 N–H and O–H groups in total. The summed E-state index contributed by atoms with van der Waals surface area (Å²) >= 11 is 1.72. The molecule has 0 fully saturated rings. The minimum absolute atomic E-state index is 1.04. The van der Waals surface area contributed by atoms with Crippen molar-refractivity contribution in [1.29, 1.82) is 0 Å². The van der Waals surface area contributed by atoms with Crippen LogP contribution in [0.4, 0.5) is 0 Å². The van der Waals surface area contributed by atoms with Gasteiger partial charge in [0.05, 0.1) is 15.7 Å². The normalized spacial score (nSPS) is 11.2. The summed E-state index contributed by atoms with van der Waals surface area (Å²) in [6, 6.07) is 14.6. The van der Waals surface area contributed by atoms with Gasteiger partial charge in [0, 0.05) is 28.7 Å². The van der Waals surface area contributed by atoms with Gasteiger partial charge in [0.2, 0.25) is 0 Å². The van der Waals surface area contributed by atoms with E-state index in [4.69, 9.17) is 0 Å². The van der Waals surface area contributed by atoms with E-state index in [2.05, 4.69) is 46.4 Å². The Bertz CT molecular complexity index is 866. The third-order valence-electron chi connectivity index (χ3n) is 3.26.